The van der Waals surface area contributed by atoms with E-state index >= 15 is 0 Å². The molecule has 2 nitrogen and oxygen atoms in total. The highest BCUT2D eigenvalue weighted by Gasteiger charge is 2.06. The Morgan fingerprint density at radius 3 is 2.36 bits per heavy atom. The van der Waals surface area contributed by atoms with E-state index in [0.29, 0.717) is 11.6 Å². The van der Waals surface area contributed by atoms with Crippen LogP contribution in [0, 0.1) is 0 Å². The van der Waals surface area contributed by atoms with E-state index in [4.69, 9.17) is 11.5 Å². The van der Waals surface area contributed by atoms with Crippen LogP contribution in [0.2, 0.25) is 0 Å². The molecule has 14 heavy (non-hydrogen) atoms. The number of nitrogen functional groups attached to an aromatic ring is 2. The molecule has 0 amide bonds. The Hall–Kier alpha value is -1.09. The fraction of sp³-hybridized carbons (Fsp3) is 0.273. The van der Waals surface area contributed by atoms with Gasteiger partial charge >= 0.3 is 0 Å². The van der Waals surface area contributed by atoms with Gasteiger partial charge in [-0.05, 0) is 40.7 Å². The molecule has 0 unspecified atom stereocenters. The zero-order chi connectivity index (χ0) is 10.7. The molecule has 1 rings (SSSR count). The molecule has 3 heteroatoms. The lowest BCUT2D eigenvalue weighted by Gasteiger charge is -2.12. The van der Waals surface area contributed by atoms with Gasteiger partial charge in [0, 0.05) is 11.4 Å². The number of nitrogens with two attached hydrogens (primary N) is 2. The van der Waals surface area contributed by atoms with Gasteiger partial charge in [-0.15, -0.1) is 0 Å². The van der Waals surface area contributed by atoms with E-state index in [1.165, 1.54) is 0 Å². The monoisotopic (exact) mass is 208 g/mol. The first-order valence-electron chi connectivity index (χ1n) is 4.56. The maximum atomic E-state index is 5.86. The summed E-state index contributed by atoms with van der Waals surface area (Å²) in [5.41, 5.74) is 15.2. The number of thiol groups is 1. The molecule has 0 bridgehead atoms. The van der Waals surface area contributed by atoms with E-state index in [9.17, 15) is 0 Å². The first-order valence-corrected chi connectivity index (χ1v) is 5.07. The molecule has 0 heterocycles. The Kier molecular flexibility index (Phi) is 3.47. The van der Waals surface area contributed by atoms with Gasteiger partial charge in [-0.1, -0.05) is 13.8 Å². The molecule has 0 spiro atoms. The van der Waals surface area contributed by atoms with E-state index < -0.39 is 0 Å². The Bertz CT molecular complexity index is 357. The molecule has 0 aliphatic rings. The predicted molar refractivity (Wildman–Crippen MR) is 67.4 cm³/mol. The topological polar surface area (TPSA) is 52.0 Å². The van der Waals surface area contributed by atoms with Crippen LogP contribution < -0.4 is 11.5 Å². The smallest absolute Gasteiger partial charge is 0.0408 e. The van der Waals surface area contributed by atoms with Crippen molar-refractivity contribution in [3.63, 3.8) is 0 Å². The minimum Gasteiger partial charge on any atom is -0.398 e. The van der Waals surface area contributed by atoms with Gasteiger partial charge in [0.2, 0.25) is 0 Å². The Balaban J connectivity index is 3.27. The number of anilines is 2. The molecule has 4 N–H and O–H groups in total. The largest absolute Gasteiger partial charge is 0.398 e. The minimum absolute atomic E-state index is 0.405. The Morgan fingerprint density at radius 2 is 1.86 bits per heavy atom. The third kappa shape index (κ3) is 2.23. The molecule has 0 atom stereocenters. The molecule has 0 aliphatic carbocycles. The molecule has 0 saturated carbocycles. The van der Waals surface area contributed by atoms with Crippen LogP contribution in [0.15, 0.2) is 17.5 Å². The SMILES string of the molecule is CC(C)c1cc(/C=C/S)c(N)cc1N. The van der Waals surface area contributed by atoms with Crippen molar-refractivity contribution in [2.75, 3.05) is 11.5 Å². The third-order valence-corrected chi connectivity index (χ3v) is 2.31. The van der Waals surface area contributed by atoms with Crippen molar-refractivity contribution >= 4 is 30.1 Å². The van der Waals surface area contributed by atoms with Crippen LogP contribution in [0.3, 0.4) is 0 Å². The van der Waals surface area contributed by atoms with E-state index in [0.717, 1.165) is 16.8 Å². The highest BCUT2D eigenvalue weighted by atomic mass is 32.1. The number of benzene rings is 1. The number of hydrogen-bond donors (Lipinski definition) is 3. The normalized spacial score (nSPS) is 11.4. The van der Waals surface area contributed by atoms with Crippen molar-refractivity contribution in [2.24, 2.45) is 0 Å². The molecule has 0 aromatic heterocycles. The van der Waals surface area contributed by atoms with Gasteiger partial charge in [0.05, 0.1) is 0 Å². The summed E-state index contributed by atoms with van der Waals surface area (Å²) >= 11 is 4.02. The second-order valence-electron chi connectivity index (χ2n) is 3.58. The highest BCUT2D eigenvalue weighted by Crippen LogP contribution is 2.27. The Morgan fingerprint density at radius 1 is 1.21 bits per heavy atom. The van der Waals surface area contributed by atoms with Crippen molar-refractivity contribution in [1.29, 1.82) is 0 Å². The second kappa shape index (κ2) is 4.42. The molecular formula is C11H16N2S. The summed E-state index contributed by atoms with van der Waals surface area (Å²) < 4.78 is 0. The molecule has 0 saturated heterocycles. The minimum atomic E-state index is 0.405. The quantitative estimate of drug-likeness (QED) is 0.517. The van der Waals surface area contributed by atoms with Crippen molar-refractivity contribution < 1.29 is 0 Å². The van der Waals surface area contributed by atoms with Crippen molar-refractivity contribution in [1.82, 2.24) is 0 Å². The summed E-state index contributed by atoms with van der Waals surface area (Å²) in [6.45, 7) is 4.21. The van der Waals surface area contributed by atoms with E-state index in [1.54, 1.807) is 11.5 Å². The fourth-order valence-electron chi connectivity index (χ4n) is 1.39. The standard InChI is InChI=1S/C11H16N2S/c1-7(2)9-5-8(3-4-14)10(12)6-11(9)13/h3-7,14H,12-13H2,1-2H3/b4-3+. The molecule has 0 radical (unpaired) electrons. The third-order valence-electron chi connectivity index (χ3n) is 2.16. The average molecular weight is 208 g/mol. The summed E-state index contributed by atoms with van der Waals surface area (Å²) in [4.78, 5) is 0. The van der Waals surface area contributed by atoms with Gasteiger partial charge in [-0.3, -0.25) is 0 Å². The average Bonchev–Trinajstić information content (AvgIpc) is 2.09. The van der Waals surface area contributed by atoms with Gasteiger partial charge < -0.3 is 11.5 Å². The van der Waals surface area contributed by atoms with E-state index in [2.05, 4.69) is 26.5 Å². The zero-order valence-corrected chi connectivity index (χ0v) is 9.38. The van der Waals surface area contributed by atoms with Crippen LogP contribution in [-0.4, -0.2) is 0 Å². The summed E-state index contributed by atoms with van der Waals surface area (Å²) in [7, 11) is 0. The van der Waals surface area contributed by atoms with Gasteiger partial charge in [0.25, 0.3) is 0 Å². The summed E-state index contributed by atoms with van der Waals surface area (Å²) in [6, 6.07) is 3.82. The molecule has 1 aromatic rings. The van der Waals surface area contributed by atoms with Crippen LogP contribution in [0.25, 0.3) is 6.08 Å². The first kappa shape index (κ1) is 11.0. The molecule has 76 valence electrons. The van der Waals surface area contributed by atoms with Crippen LogP contribution in [0.5, 0.6) is 0 Å². The lowest BCUT2D eigenvalue weighted by atomic mass is 9.98. The Labute approximate surface area is 90.4 Å². The van der Waals surface area contributed by atoms with Crippen molar-refractivity contribution in [3.05, 3.63) is 28.7 Å². The van der Waals surface area contributed by atoms with Crippen LogP contribution >= 0.6 is 12.6 Å². The molecule has 0 fully saturated rings. The molecule has 0 aliphatic heterocycles. The summed E-state index contributed by atoms with van der Waals surface area (Å²) in [5, 5.41) is 1.67. The van der Waals surface area contributed by atoms with E-state index in [1.807, 2.05) is 12.1 Å². The lowest BCUT2D eigenvalue weighted by Crippen LogP contribution is -2.00. The van der Waals surface area contributed by atoms with Crippen molar-refractivity contribution in [3.8, 4) is 0 Å². The maximum absolute atomic E-state index is 5.86. The number of hydrogen-bond acceptors (Lipinski definition) is 3. The van der Waals surface area contributed by atoms with Gasteiger partial charge in [-0.2, -0.15) is 12.6 Å². The predicted octanol–water partition coefficient (Wildman–Crippen LogP) is 2.87. The summed E-state index contributed by atoms with van der Waals surface area (Å²) in [5.74, 6) is 0.405. The van der Waals surface area contributed by atoms with Gasteiger partial charge in [0.15, 0.2) is 0 Å². The molecular weight excluding hydrogens is 192 g/mol. The lowest BCUT2D eigenvalue weighted by molar-refractivity contribution is 0.870. The number of rotatable bonds is 2. The second-order valence-corrected chi connectivity index (χ2v) is 3.88. The fourth-order valence-corrected chi connectivity index (χ4v) is 1.55. The summed E-state index contributed by atoms with van der Waals surface area (Å²) in [6.07, 6.45) is 1.86. The van der Waals surface area contributed by atoms with Gasteiger partial charge in [0.1, 0.15) is 0 Å². The molecule has 1 aromatic carbocycles. The zero-order valence-electron chi connectivity index (χ0n) is 8.49. The highest BCUT2D eigenvalue weighted by molar-refractivity contribution is 7.83. The van der Waals surface area contributed by atoms with Crippen LogP contribution in [-0.2, 0) is 0 Å². The maximum Gasteiger partial charge on any atom is 0.0408 e. The van der Waals surface area contributed by atoms with Crippen LogP contribution in [0.1, 0.15) is 30.9 Å². The van der Waals surface area contributed by atoms with Crippen LogP contribution in [0.4, 0.5) is 11.4 Å². The van der Waals surface area contributed by atoms with E-state index in [-0.39, 0.29) is 0 Å². The van der Waals surface area contributed by atoms with Crippen molar-refractivity contribution in [2.45, 2.75) is 19.8 Å². The first-order chi connectivity index (χ1) is 6.56. The van der Waals surface area contributed by atoms with Gasteiger partial charge in [-0.25, -0.2) is 0 Å².